The molecule has 2 aromatic rings. The van der Waals surface area contributed by atoms with Gasteiger partial charge in [-0.15, -0.1) is 0 Å². The number of hydrogen-bond acceptors (Lipinski definition) is 2. The lowest BCUT2D eigenvalue weighted by Gasteiger charge is -2.39. The van der Waals surface area contributed by atoms with Crippen molar-refractivity contribution >= 4 is 23.4 Å². The smallest absolute Gasteiger partial charge is 0.171 e. The average Bonchev–Trinajstić information content (AvgIpc) is 2.63. The Labute approximate surface area is 154 Å². The van der Waals surface area contributed by atoms with E-state index in [0.29, 0.717) is 5.11 Å². The van der Waals surface area contributed by atoms with E-state index in [9.17, 15) is 0 Å². The summed E-state index contributed by atoms with van der Waals surface area (Å²) in [4.78, 5) is 2.35. The van der Waals surface area contributed by atoms with E-state index < -0.39 is 0 Å². The summed E-state index contributed by atoms with van der Waals surface area (Å²) in [5, 5.41) is 7.55. The lowest BCUT2D eigenvalue weighted by molar-refractivity contribution is 0.364. The van der Waals surface area contributed by atoms with Gasteiger partial charge in [-0.1, -0.05) is 60.7 Å². The molecular weight excluding hydrogens is 326 g/mol. The predicted octanol–water partition coefficient (Wildman–Crippen LogP) is 3.49. The van der Waals surface area contributed by atoms with Gasteiger partial charge in [0.2, 0.25) is 0 Å². The normalized spacial score (nSPS) is 22.4. The molecule has 4 rings (SSSR count). The minimum atomic E-state index is 0.117. The second-order valence-corrected chi connectivity index (χ2v) is 7.00. The van der Waals surface area contributed by atoms with Crippen molar-refractivity contribution in [3.8, 4) is 0 Å². The molecule has 0 unspecified atom stereocenters. The molecular formula is C21H21N3S. The first kappa shape index (κ1) is 16.1. The fourth-order valence-corrected chi connectivity index (χ4v) is 3.78. The number of benzene rings is 2. The van der Waals surface area contributed by atoms with E-state index in [4.69, 9.17) is 12.2 Å². The van der Waals surface area contributed by atoms with E-state index in [2.05, 4.69) is 77.2 Å². The van der Waals surface area contributed by atoms with Gasteiger partial charge in [0.1, 0.15) is 0 Å². The molecule has 0 amide bonds. The Morgan fingerprint density at radius 3 is 2.40 bits per heavy atom. The molecule has 1 atom stereocenters. The second kappa shape index (κ2) is 6.82. The van der Waals surface area contributed by atoms with Gasteiger partial charge in [-0.3, -0.25) is 4.90 Å². The minimum absolute atomic E-state index is 0.117. The fourth-order valence-electron chi connectivity index (χ4n) is 3.56. The third kappa shape index (κ3) is 3.36. The fraction of sp³-hybridized carbons (Fsp3) is 0.190. The molecule has 2 aliphatic heterocycles. The Hall–Kier alpha value is -2.43. The molecule has 2 N–H and O–H groups in total. The van der Waals surface area contributed by atoms with Crippen LogP contribution in [0.15, 0.2) is 77.5 Å². The minimum Gasteiger partial charge on any atom is -0.352 e. The van der Waals surface area contributed by atoms with E-state index in [0.717, 1.165) is 13.1 Å². The molecule has 25 heavy (non-hydrogen) atoms. The summed E-state index contributed by atoms with van der Waals surface area (Å²) in [7, 11) is 2.16. The van der Waals surface area contributed by atoms with Gasteiger partial charge in [-0.2, -0.15) is 0 Å². The van der Waals surface area contributed by atoms with Crippen LogP contribution in [0.5, 0.6) is 0 Å². The summed E-state index contributed by atoms with van der Waals surface area (Å²) in [6.07, 6.45) is 2.26. The molecule has 0 aliphatic carbocycles. The van der Waals surface area contributed by atoms with Crippen molar-refractivity contribution in [3.05, 3.63) is 88.6 Å². The predicted molar refractivity (Wildman–Crippen MR) is 107 cm³/mol. The standard InChI is InChI=1S/C21H21N3S/c1-24-13-17(12-15-8-4-2-5-9-15)20-18(14-24)19(22-21(25)23-20)16-10-6-3-7-11-16/h2-12,19H,13-14H2,1H3,(H2,22,23,25)/b17-12+/t19-/m0/s1. The largest absolute Gasteiger partial charge is 0.352 e. The highest BCUT2D eigenvalue weighted by atomic mass is 32.1. The molecule has 0 spiro atoms. The van der Waals surface area contributed by atoms with Crippen LogP contribution in [0.2, 0.25) is 0 Å². The Morgan fingerprint density at radius 1 is 1.00 bits per heavy atom. The Bertz CT molecular complexity index is 840. The molecule has 0 fully saturated rings. The molecule has 0 bridgehead atoms. The van der Waals surface area contributed by atoms with Crippen LogP contribution in [0.3, 0.4) is 0 Å². The van der Waals surface area contributed by atoms with Crippen LogP contribution >= 0.6 is 12.2 Å². The average molecular weight is 347 g/mol. The van der Waals surface area contributed by atoms with Gasteiger partial charge in [0.15, 0.2) is 5.11 Å². The Kier molecular flexibility index (Phi) is 4.38. The van der Waals surface area contributed by atoms with Crippen molar-refractivity contribution in [1.29, 1.82) is 0 Å². The lowest BCUT2D eigenvalue weighted by Crippen LogP contribution is -2.49. The quantitative estimate of drug-likeness (QED) is 0.813. The van der Waals surface area contributed by atoms with E-state index >= 15 is 0 Å². The first-order chi connectivity index (χ1) is 12.2. The summed E-state index contributed by atoms with van der Waals surface area (Å²) < 4.78 is 0. The van der Waals surface area contributed by atoms with Gasteiger partial charge in [0, 0.05) is 18.8 Å². The molecule has 2 heterocycles. The van der Waals surface area contributed by atoms with Crippen molar-refractivity contribution in [1.82, 2.24) is 15.5 Å². The highest BCUT2D eigenvalue weighted by Crippen LogP contribution is 2.33. The van der Waals surface area contributed by atoms with Gasteiger partial charge >= 0.3 is 0 Å². The van der Waals surface area contributed by atoms with Gasteiger partial charge in [0.05, 0.1) is 6.04 Å². The monoisotopic (exact) mass is 347 g/mol. The van der Waals surface area contributed by atoms with Crippen LogP contribution in [-0.4, -0.2) is 30.1 Å². The molecule has 4 heteroatoms. The van der Waals surface area contributed by atoms with Crippen LogP contribution in [0.4, 0.5) is 0 Å². The van der Waals surface area contributed by atoms with E-state index in [1.54, 1.807) is 0 Å². The third-order valence-electron chi connectivity index (χ3n) is 4.66. The van der Waals surface area contributed by atoms with E-state index in [-0.39, 0.29) is 6.04 Å². The SMILES string of the molecule is CN1CC2=C(NC(=S)N[C@H]2c2ccccc2)/C(=C/c2ccccc2)C1. The van der Waals surface area contributed by atoms with Crippen molar-refractivity contribution in [3.63, 3.8) is 0 Å². The lowest BCUT2D eigenvalue weighted by atomic mass is 9.89. The van der Waals surface area contributed by atoms with Crippen molar-refractivity contribution in [2.24, 2.45) is 0 Å². The summed E-state index contributed by atoms with van der Waals surface area (Å²) in [6.45, 7) is 1.83. The molecule has 0 saturated heterocycles. The zero-order valence-electron chi connectivity index (χ0n) is 14.2. The Morgan fingerprint density at radius 2 is 1.68 bits per heavy atom. The topological polar surface area (TPSA) is 27.3 Å². The highest BCUT2D eigenvalue weighted by molar-refractivity contribution is 7.80. The number of nitrogens with zero attached hydrogens (tertiary/aromatic N) is 1. The maximum Gasteiger partial charge on any atom is 0.171 e. The second-order valence-electron chi connectivity index (χ2n) is 6.59. The molecule has 0 aromatic heterocycles. The van der Waals surface area contributed by atoms with Gasteiger partial charge in [-0.05, 0) is 47.6 Å². The Balaban J connectivity index is 1.80. The molecule has 0 saturated carbocycles. The van der Waals surface area contributed by atoms with Crippen LogP contribution in [0.25, 0.3) is 6.08 Å². The van der Waals surface area contributed by atoms with Crippen LogP contribution in [0, 0.1) is 0 Å². The van der Waals surface area contributed by atoms with Crippen molar-refractivity contribution in [2.45, 2.75) is 6.04 Å². The third-order valence-corrected chi connectivity index (χ3v) is 4.88. The summed E-state index contributed by atoms with van der Waals surface area (Å²) in [5.41, 5.74) is 6.25. The molecule has 2 aromatic carbocycles. The molecule has 126 valence electrons. The number of likely N-dealkylation sites (N-methyl/N-ethyl adjacent to an activating group) is 1. The van der Waals surface area contributed by atoms with Gasteiger partial charge in [-0.25, -0.2) is 0 Å². The zero-order chi connectivity index (χ0) is 17.2. The number of hydrogen-bond donors (Lipinski definition) is 2. The van der Waals surface area contributed by atoms with Crippen LogP contribution in [-0.2, 0) is 0 Å². The maximum atomic E-state index is 5.50. The van der Waals surface area contributed by atoms with E-state index in [1.165, 1.54) is 28.0 Å². The first-order valence-electron chi connectivity index (χ1n) is 8.51. The van der Waals surface area contributed by atoms with Crippen molar-refractivity contribution < 1.29 is 0 Å². The molecule has 2 aliphatic rings. The van der Waals surface area contributed by atoms with E-state index in [1.807, 2.05) is 12.1 Å². The molecule has 3 nitrogen and oxygen atoms in total. The number of thiocarbonyl (C=S) groups is 1. The van der Waals surface area contributed by atoms with Crippen LogP contribution in [0.1, 0.15) is 17.2 Å². The molecule has 0 radical (unpaired) electrons. The number of rotatable bonds is 2. The van der Waals surface area contributed by atoms with Crippen LogP contribution < -0.4 is 10.6 Å². The maximum absolute atomic E-state index is 5.50. The van der Waals surface area contributed by atoms with Gasteiger partial charge < -0.3 is 10.6 Å². The summed E-state index contributed by atoms with van der Waals surface area (Å²) in [6, 6.07) is 21.1. The summed E-state index contributed by atoms with van der Waals surface area (Å²) >= 11 is 5.50. The highest BCUT2D eigenvalue weighted by Gasteiger charge is 2.31. The zero-order valence-corrected chi connectivity index (χ0v) is 15.0. The van der Waals surface area contributed by atoms with Crippen molar-refractivity contribution in [2.75, 3.05) is 20.1 Å². The number of nitrogens with one attached hydrogen (secondary N) is 2. The van der Waals surface area contributed by atoms with Gasteiger partial charge in [0.25, 0.3) is 0 Å². The first-order valence-corrected chi connectivity index (χ1v) is 8.91. The summed E-state index contributed by atoms with van der Waals surface area (Å²) in [5.74, 6) is 0.